The third-order valence-corrected chi connectivity index (χ3v) is 2.88. The van der Waals surface area contributed by atoms with Gasteiger partial charge in [-0.05, 0) is 28.6 Å². The number of phenols is 1. The van der Waals surface area contributed by atoms with Crippen LogP contribution in [0.2, 0.25) is 0 Å². The average Bonchev–Trinajstić information content (AvgIpc) is 3.09. The third kappa shape index (κ3) is 4.35. The van der Waals surface area contributed by atoms with Crippen LogP contribution in [-0.4, -0.2) is 30.0 Å². The summed E-state index contributed by atoms with van der Waals surface area (Å²) in [5, 5.41) is 24.8. The molecule has 1 N–H and O–H groups in total. The molecule has 0 aliphatic heterocycles. The largest absolute Gasteiger partial charge is 0.579 e. The van der Waals surface area contributed by atoms with E-state index in [4.69, 9.17) is 4.74 Å². The van der Waals surface area contributed by atoms with Gasteiger partial charge in [0.05, 0.1) is 11.3 Å². The minimum Gasteiger partial charge on any atom is -0.579 e. The summed E-state index contributed by atoms with van der Waals surface area (Å²) in [4.78, 5) is 11.9. The molecule has 114 valence electrons. The molecule has 2 heterocycles. The van der Waals surface area contributed by atoms with Crippen LogP contribution in [0.4, 0.5) is 0 Å². The van der Waals surface area contributed by atoms with Crippen LogP contribution < -0.4 is 15.5 Å². The fourth-order valence-corrected chi connectivity index (χ4v) is 1.82. The molecule has 0 fully saturated rings. The van der Waals surface area contributed by atoms with Gasteiger partial charge in [-0.2, -0.15) is 15.6 Å². The van der Waals surface area contributed by atoms with E-state index in [9.17, 15) is 9.90 Å². The first-order valence-corrected chi connectivity index (χ1v) is 6.04. The number of phenolic OH excluding ortho intramolecular Hbond substituents is 1. The smallest absolute Gasteiger partial charge is 0.368 e. The molecule has 1 aromatic carbocycles. The van der Waals surface area contributed by atoms with E-state index in [2.05, 4.69) is 20.6 Å². The number of aryl methyl sites for hydroxylation is 1. The van der Waals surface area contributed by atoms with Crippen LogP contribution in [0.5, 0.6) is 11.6 Å². The van der Waals surface area contributed by atoms with Crippen molar-refractivity contribution in [3.63, 3.8) is 0 Å². The second-order valence-electron chi connectivity index (χ2n) is 4.23. The Balaban J connectivity index is 0.00000132. The minimum atomic E-state index is -0.421. The Kier molecular flexibility index (Phi) is 7.73. The van der Waals surface area contributed by atoms with Crippen molar-refractivity contribution in [3.05, 3.63) is 46.5 Å². The first kappa shape index (κ1) is 20.2. The molecule has 3 aromatic rings. The number of ether oxygens (including phenoxy) is 1. The van der Waals surface area contributed by atoms with Crippen molar-refractivity contribution >= 4 is 0 Å². The van der Waals surface area contributed by atoms with Gasteiger partial charge in [0.15, 0.2) is 5.88 Å². The number of aromatic hydroxyl groups is 1. The number of hydrogen-bond donors (Lipinski definition) is 1. The van der Waals surface area contributed by atoms with Crippen molar-refractivity contribution in [2.45, 2.75) is 6.61 Å². The first-order valence-electron chi connectivity index (χ1n) is 6.04. The van der Waals surface area contributed by atoms with Crippen molar-refractivity contribution in [1.82, 2.24) is 30.0 Å². The second-order valence-corrected chi connectivity index (χ2v) is 4.23. The predicted octanol–water partition coefficient (Wildman–Crippen LogP) is -0.402. The maximum absolute atomic E-state index is 11.9. The van der Waals surface area contributed by atoms with E-state index >= 15 is 0 Å². The van der Waals surface area contributed by atoms with Crippen molar-refractivity contribution in [3.8, 4) is 17.3 Å². The quantitative estimate of drug-likeness (QED) is 0.559. The van der Waals surface area contributed by atoms with Crippen LogP contribution in [0.1, 0.15) is 5.56 Å². The fourth-order valence-electron chi connectivity index (χ4n) is 1.82. The molecule has 9 nitrogen and oxygen atoms in total. The van der Waals surface area contributed by atoms with Gasteiger partial charge in [-0.3, -0.25) is 0 Å². The normalized spacial score (nSPS) is 9.78. The number of rotatable bonds is 4. The van der Waals surface area contributed by atoms with Gasteiger partial charge in [0.1, 0.15) is 12.4 Å². The Bertz CT molecular complexity index is 815. The SMILES string of the molecule is Cn1nnn(-c2cccc(O)c2COc2cc[n-]n2)c1=O.[Y].[Y]. The topological polar surface area (TPSA) is 109 Å². The molecule has 2 aromatic heterocycles. The summed E-state index contributed by atoms with van der Waals surface area (Å²) in [6.45, 7) is 0.0176. The standard InChI is InChI=1S/C12H11N6O3.2Y/c1-17-12(20)18(16-15-17)9-3-2-4-10(19)8(9)7-21-11-5-6-13-14-11;;/h2-6H,7H2,1H3,(H-,13,14,19);;/q-1;;. The molecule has 0 atom stereocenters. The summed E-state index contributed by atoms with van der Waals surface area (Å²) < 4.78 is 7.60. The Morgan fingerprint density at radius 3 is 2.65 bits per heavy atom. The number of benzene rings is 1. The molecular formula is C12H11N6O3Y2-. The molecular weight excluding hydrogens is 454 g/mol. The summed E-state index contributed by atoms with van der Waals surface area (Å²) >= 11 is 0. The van der Waals surface area contributed by atoms with Gasteiger partial charge >= 0.3 is 5.69 Å². The molecule has 0 unspecified atom stereocenters. The molecule has 0 bridgehead atoms. The Morgan fingerprint density at radius 1 is 1.26 bits per heavy atom. The van der Waals surface area contributed by atoms with Gasteiger partial charge in [0, 0.05) is 72.5 Å². The van der Waals surface area contributed by atoms with E-state index in [-0.39, 0.29) is 77.8 Å². The molecule has 11 heteroatoms. The van der Waals surface area contributed by atoms with E-state index < -0.39 is 5.69 Å². The zero-order valence-corrected chi connectivity index (χ0v) is 17.9. The summed E-state index contributed by atoms with van der Waals surface area (Å²) in [5.74, 6) is 0.320. The van der Waals surface area contributed by atoms with Gasteiger partial charge in [0.2, 0.25) is 0 Å². The van der Waals surface area contributed by atoms with Crippen molar-refractivity contribution in [2.24, 2.45) is 7.05 Å². The number of tetrazole rings is 1. The van der Waals surface area contributed by atoms with Crippen molar-refractivity contribution in [1.29, 1.82) is 0 Å². The maximum atomic E-state index is 11.9. The van der Waals surface area contributed by atoms with Crippen LogP contribution in [0.3, 0.4) is 0 Å². The molecule has 23 heavy (non-hydrogen) atoms. The van der Waals surface area contributed by atoms with Gasteiger partial charge in [-0.15, -0.1) is 0 Å². The Hall–Kier alpha value is -0.892. The monoisotopic (exact) mass is 465 g/mol. The number of aromatic nitrogens is 6. The molecule has 2 radical (unpaired) electrons. The van der Waals surface area contributed by atoms with E-state index in [1.54, 1.807) is 18.2 Å². The summed E-state index contributed by atoms with van der Waals surface area (Å²) in [6.07, 6.45) is 1.49. The Morgan fingerprint density at radius 2 is 2.04 bits per heavy atom. The van der Waals surface area contributed by atoms with Crippen LogP contribution in [0, 0.1) is 0 Å². The summed E-state index contributed by atoms with van der Waals surface area (Å²) in [6, 6.07) is 6.34. The van der Waals surface area contributed by atoms with Crippen LogP contribution in [0.15, 0.2) is 35.3 Å². The minimum absolute atomic E-state index is 0. The van der Waals surface area contributed by atoms with Crippen LogP contribution in [-0.2, 0) is 79.1 Å². The average molecular weight is 465 g/mol. The zero-order valence-electron chi connectivity index (χ0n) is 12.2. The molecule has 0 aliphatic rings. The Labute approximate surface area is 181 Å². The maximum Gasteiger partial charge on any atom is 0.368 e. The van der Waals surface area contributed by atoms with Crippen LogP contribution >= 0.6 is 0 Å². The number of nitrogens with zero attached hydrogens (tertiary/aromatic N) is 6. The van der Waals surface area contributed by atoms with Crippen LogP contribution in [0.25, 0.3) is 5.69 Å². The predicted molar refractivity (Wildman–Crippen MR) is 70.2 cm³/mol. The third-order valence-electron chi connectivity index (χ3n) is 2.88. The van der Waals surface area contributed by atoms with Crippen molar-refractivity contribution in [2.75, 3.05) is 0 Å². The number of hydrogen-bond acceptors (Lipinski definition) is 6. The molecule has 0 spiro atoms. The second kappa shape index (κ2) is 8.82. The van der Waals surface area contributed by atoms with Gasteiger partial charge in [-0.25, -0.2) is 4.79 Å². The van der Waals surface area contributed by atoms with Gasteiger partial charge < -0.3 is 20.0 Å². The van der Waals surface area contributed by atoms with E-state index in [1.165, 1.54) is 19.3 Å². The molecule has 0 saturated heterocycles. The molecule has 3 rings (SSSR count). The van der Waals surface area contributed by atoms with E-state index in [0.717, 1.165) is 9.36 Å². The van der Waals surface area contributed by atoms with Crippen molar-refractivity contribution < 1.29 is 75.3 Å². The summed E-state index contributed by atoms with van der Waals surface area (Å²) in [7, 11) is 1.49. The van der Waals surface area contributed by atoms with Gasteiger partial charge in [0.25, 0.3) is 0 Å². The summed E-state index contributed by atoms with van der Waals surface area (Å²) in [5.41, 5.74) is 0.380. The van der Waals surface area contributed by atoms with Gasteiger partial charge in [-0.1, -0.05) is 6.07 Å². The molecule has 0 amide bonds. The fraction of sp³-hybridized carbons (Fsp3) is 0.167. The zero-order chi connectivity index (χ0) is 14.8. The molecule has 0 saturated carbocycles. The molecule has 0 aliphatic carbocycles. The van der Waals surface area contributed by atoms with E-state index in [0.29, 0.717) is 17.1 Å². The van der Waals surface area contributed by atoms with E-state index in [1.807, 2.05) is 0 Å². The first-order chi connectivity index (χ1) is 10.2.